The van der Waals surface area contributed by atoms with E-state index in [2.05, 4.69) is 4.98 Å². The molecule has 1 atom stereocenters. The van der Waals surface area contributed by atoms with E-state index < -0.39 is 0 Å². The summed E-state index contributed by atoms with van der Waals surface area (Å²) in [5.41, 5.74) is 1.02. The van der Waals surface area contributed by atoms with Gasteiger partial charge in [0.2, 0.25) is 0 Å². The Morgan fingerprint density at radius 3 is 2.86 bits per heavy atom. The van der Waals surface area contributed by atoms with Crippen LogP contribution in [0.2, 0.25) is 0 Å². The maximum Gasteiger partial charge on any atom is 0.121 e. The Morgan fingerprint density at radius 1 is 1.57 bits per heavy atom. The second-order valence-electron chi connectivity index (χ2n) is 4.23. The minimum absolute atomic E-state index is 0.322. The number of hydrogen-bond acceptors (Lipinski definition) is 3. The van der Waals surface area contributed by atoms with E-state index >= 15 is 0 Å². The molecule has 0 aromatic carbocycles. The van der Waals surface area contributed by atoms with Crippen LogP contribution in [-0.2, 0) is 0 Å². The zero-order chi connectivity index (χ0) is 9.97. The van der Waals surface area contributed by atoms with Crippen LogP contribution in [0.15, 0.2) is 5.38 Å². The Kier molecular flexibility index (Phi) is 3.19. The van der Waals surface area contributed by atoms with Gasteiger partial charge in [-0.25, -0.2) is 4.98 Å². The molecule has 1 unspecified atom stereocenters. The van der Waals surface area contributed by atoms with Crippen LogP contribution in [0.4, 0.5) is 0 Å². The Labute approximate surface area is 89.0 Å². The first-order chi connectivity index (χ1) is 6.75. The van der Waals surface area contributed by atoms with E-state index in [1.807, 2.05) is 12.3 Å². The summed E-state index contributed by atoms with van der Waals surface area (Å²) in [5, 5.41) is 12.8. The molecule has 1 heterocycles. The van der Waals surface area contributed by atoms with Gasteiger partial charge in [0, 0.05) is 11.1 Å². The molecule has 78 valence electrons. The predicted molar refractivity (Wildman–Crippen MR) is 58.4 cm³/mol. The quantitative estimate of drug-likeness (QED) is 0.833. The molecule has 2 rings (SSSR count). The van der Waals surface area contributed by atoms with Gasteiger partial charge in [-0.2, -0.15) is 0 Å². The van der Waals surface area contributed by atoms with Crippen molar-refractivity contribution >= 4 is 11.3 Å². The molecule has 0 aliphatic heterocycles. The lowest BCUT2D eigenvalue weighted by molar-refractivity contribution is 0.144. The molecule has 1 aromatic heterocycles. The van der Waals surface area contributed by atoms with Gasteiger partial charge in [0.05, 0.1) is 0 Å². The maximum atomic E-state index is 9.94. The molecular formula is C11H17NOS. The zero-order valence-electron chi connectivity index (χ0n) is 8.57. The Morgan fingerprint density at radius 2 is 2.29 bits per heavy atom. The largest absolute Gasteiger partial charge is 0.386 e. The van der Waals surface area contributed by atoms with Crippen molar-refractivity contribution in [2.75, 3.05) is 0 Å². The van der Waals surface area contributed by atoms with Crippen molar-refractivity contribution in [2.24, 2.45) is 5.92 Å². The van der Waals surface area contributed by atoms with E-state index in [0.717, 1.165) is 23.0 Å². The Hall–Kier alpha value is -0.410. The Bertz CT molecular complexity index is 291. The number of aromatic nitrogens is 1. The number of aliphatic hydroxyl groups is 1. The van der Waals surface area contributed by atoms with Gasteiger partial charge in [0.15, 0.2) is 0 Å². The van der Waals surface area contributed by atoms with Crippen molar-refractivity contribution < 1.29 is 5.11 Å². The molecule has 0 amide bonds. The monoisotopic (exact) mass is 211 g/mol. The van der Waals surface area contributed by atoms with Gasteiger partial charge in [-0.05, 0) is 19.3 Å². The van der Waals surface area contributed by atoms with Gasteiger partial charge >= 0.3 is 0 Å². The van der Waals surface area contributed by atoms with Crippen LogP contribution in [0, 0.1) is 12.8 Å². The van der Waals surface area contributed by atoms with Crippen LogP contribution >= 0.6 is 11.3 Å². The van der Waals surface area contributed by atoms with Crippen LogP contribution in [0.3, 0.4) is 0 Å². The van der Waals surface area contributed by atoms with Crippen molar-refractivity contribution in [1.29, 1.82) is 0 Å². The van der Waals surface area contributed by atoms with Crippen molar-refractivity contribution in [3.63, 3.8) is 0 Å². The number of nitrogens with zero attached hydrogens (tertiary/aromatic N) is 1. The van der Waals surface area contributed by atoms with Crippen molar-refractivity contribution in [3.05, 3.63) is 16.1 Å². The highest BCUT2D eigenvalue weighted by Crippen LogP contribution is 2.33. The van der Waals surface area contributed by atoms with Crippen LogP contribution in [0.1, 0.15) is 48.9 Å². The third kappa shape index (κ3) is 2.34. The number of aliphatic hydroxyl groups excluding tert-OH is 1. The molecule has 1 fully saturated rings. The number of rotatable bonds is 3. The molecule has 1 aliphatic rings. The first-order valence-corrected chi connectivity index (χ1v) is 6.24. The highest BCUT2D eigenvalue weighted by Gasteiger charge is 2.21. The molecule has 0 bridgehead atoms. The topological polar surface area (TPSA) is 33.1 Å². The van der Waals surface area contributed by atoms with Crippen molar-refractivity contribution in [1.82, 2.24) is 4.98 Å². The van der Waals surface area contributed by atoms with E-state index in [4.69, 9.17) is 0 Å². The average Bonchev–Trinajstić information content (AvgIpc) is 2.75. The normalized spacial score (nSPS) is 20.1. The van der Waals surface area contributed by atoms with Gasteiger partial charge < -0.3 is 5.11 Å². The Balaban J connectivity index is 1.91. The van der Waals surface area contributed by atoms with Gasteiger partial charge in [0.25, 0.3) is 0 Å². The molecule has 0 spiro atoms. The lowest BCUT2D eigenvalue weighted by atomic mass is 10.0. The SMILES string of the molecule is Cc1csc(C(O)CC2CCCC2)n1. The number of hydrogen-bond donors (Lipinski definition) is 1. The molecule has 0 saturated heterocycles. The van der Waals surface area contributed by atoms with Gasteiger partial charge in [-0.15, -0.1) is 11.3 Å². The summed E-state index contributed by atoms with van der Waals surface area (Å²) in [6.45, 7) is 1.97. The zero-order valence-corrected chi connectivity index (χ0v) is 9.39. The molecule has 0 radical (unpaired) electrons. The summed E-state index contributed by atoms with van der Waals surface area (Å²) in [4.78, 5) is 4.32. The maximum absolute atomic E-state index is 9.94. The summed E-state index contributed by atoms with van der Waals surface area (Å²) >= 11 is 1.58. The predicted octanol–water partition coefficient (Wildman–Crippen LogP) is 3.07. The summed E-state index contributed by atoms with van der Waals surface area (Å²) in [7, 11) is 0. The lowest BCUT2D eigenvalue weighted by Gasteiger charge is -2.12. The second-order valence-corrected chi connectivity index (χ2v) is 5.12. The lowest BCUT2D eigenvalue weighted by Crippen LogP contribution is -2.03. The summed E-state index contributed by atoms with van der Waals surface area (Å²) in [5.74, 6) is 0.731. The van der Waals surface area contributed by atoms with Gasteiger partial charge in [-0.3, -0.25) is 0 Å². The molecule has 3 heteroatoms. The fourth-order valence-corrected chi connectivity index (χ4v) is 2.98. The summed E-state index contributed by atoms with van der Waals surface area (Å²) < 4.78 is 0. The molecule has 1 aromatic rings. The molecule has 14 heavy (non-hydrogen) atoms. The smallest absolute Gasteiger partial charge is 0.121 e. The first-order valence-electron chi connectivity index (χ1n) is 5.36. The minimum atomic E-state index is -0.322. The van der Waals surface area contributed by atoms with Crippen LogP contribution in [-0.4, -0.2) is 10.1 Å². The summed E-state index contributed by atoms with van der Waals surface area (Å²) in [6.07, 6.45) is 5.86. The highest BCUT2D eigenvalue weighted by molar-refractivity contribution is 7.09. The first kappa shape index (κ1) is 10.1. The molecule has 2 nitrogen and oxygen atoms in total. The van der Waals surface area contributed by atoms with Crippen LogP contribution in [0.25, 0.3) is 0 Å². The van der Waals surface area contributed by atoms with E-state index in [0.29, 0.717) is 0 Å². The van der Waals surface area contributed by atoms with E-state index in [-0.39, 0.29) is 6.10 Å². The fourth-order valence-electron chi connectivity index (χ4n) is 2.19. The molecule has 1 saturated carbocycles. The van der Waals surface area contributed by atoms with Crippen molar-refractivity contribution in [2.45, 2.75) is 45.1 Å². The van der Waals surface area contributed by atoms with E-state index in [1.165, 1.54) is 25.7 Å². The van der Waals surface area contributed by atoms with E-state index in [1.54, 1.807) is 11.3 Å². The number of aryl methyl sites for hydroxylation is 1. The van der Waals surface area contributed by atoms with Crippen LogP contribution in [0.5, 0.6) is 0 Å². The third-order valence-corrected chi connectivity index (χ3v) is 4.02. The van der Waals surface area contributed by atoms with Crippen molar-refractivity contribution in [3.8, 4) is 0 Å². The summed E-state index contributed by atoms with van der Waals surface area (Å²) in [6, 6.07) is 0. The van der Waals surface area contributed by atoms with E-state index in [9.17, 15) is 5.11 Å². The third-order valence-electron chi connectivity index (χ3n) is 2.95. The molecule has 1 N–H and O–H groups in total. The highest BCUT2D eigenvalue weighted by atomic mass is 32.1. The number of thiazole rings is 1. The van der Waals surface area contributed by atoms with Crippen LogP contribution < -0.4 is 0 Å². The molecule has 1 aliphatic carbocycles. The second kappa shape index (κ2) is 4.41. The minimum Gasteiger partial charge on any atom is -0.386 e. The standard InChI is InChI=1S/C11H17NOS/c1-8-7-14-11(12-8)10(13)6-9-4-2-3-5-9/h7,9-10,13H,2-6H2,1H3. The fraction of sp³-hybridized carbons (Fsp3) is 0.727. The van der Waals surface area contributed by atoms with Gasteiger partial charge in [-0.1, -0.05) is 25.7 Å². The van der Waals surface area contributed by atoms with Gasteiger partial charge in [0.1, 0.15) is 11.1 Å². The average molecular weight is 211 g/mol. The molecular weight excluding hydrogens is 194 g/mol.